The van der Waals surface area contributed by atoms with Crippen LogP contribution < -0.4 is 20.8 Å². The quantitative estimate of drug-likeness (QED) is 0.231. The highest BCUT2D eigenvalue weighted by molar-refractivity contribution is 6.01. The lowest BCUT2D eigenvalue weighted by Gasteiger charge is -2.32. The molecule has 10 heteroatoms. The van der Waals surface area contributed by atoms with Gasteiger partial charge in [0.05, 0.1) is 30.0 Å². The van der Waals surface area contributed by atoms with Crippen molar-refractivity contribution in [1.29, 1.82) is 0 Å². The van der Waals surface area contributed by atoms with Gasteiger partial charge in [-0.1, -0.05) is 24.3 Å². The Balaban J connectivity index is 1.16. The molecule has 4 aromatic rings. The summed E-state index contributed by atoms with van der Waals surface area (Å²) in [7, 11) is 2.17. The maximum Gasteiger partial charge on any atom is 0.256 e. The standard InChI is InChI=1S/C35H42N6O4/c1-38-14-16-39(17-15-38)12-4-10-36-29-9-8-27-32-34(29)45-31-23-26-7-3-2-6-25(26)22-30(31)41(32)24-28(33(27)42)35(43)37-11-5-13-40-18-20-44-21-19-40/h2-3,6-9,22-24,36H,4-5,10-21H2,1H3,(H,37,43). The molecule has 1 amide bonds. The number of morpholine rings is 1. The summed E-state index contributed by atoms with van der Waals surface area (Å²) in [5.41, 5.74) is 2.17. The lowest BCUT2D eigenvalue weighted by Crippen LogP contribution is -2.44. The SMILES string of the molecule is CN1CCN(CCCNc2ccc3c(=O)c(C(=O)NCCCN4CCOCC4)cn4c3c2Oc2cc3ccccc3cc2-4)CC1. The fourth-order valence-electron chi connectivity index (χ4n) is 6.59. The Kier molecular flexibility index (Phi) is 8.71. The largest absolute Gasteiger partial charge is 0.451 e. The van der Waals surface area contributed by atoms with Gasteiger partial charge in [-0.25, -0.2) is 0 Å². The van der Waals surface area contributed by atoms with Crippen LogP contribution in [0.15, 0.2) is 59.5 Å². The van der Waals surface area contributed by atoms with Crippen LogP contribution in [0.25, 0.3) is 27.4 Å². The molecule has 3 aromatic carbocycles. The second kappa shape index (κ2) is 13.2. The lowest BCUT2D eigenvalue weighted by atomic mass is 10.0. The first kappa shape index (κ1) is 29.7. The molecular formula is C35H42N6O4. The summed E-state index contributed by atoms with van der Waals surface area (Å²) in [5.74, 6) is 0.952. The molecular weight excluding hydrogens is 568 g/mol. The van der Waals surface area contributed by atoms with Gasteiger partial charge in [-0.15, -0.1) is 0 Å². The van der Waals surface area contributed by atoms with E-state index in [4.69, 9.17) is 9.47 Å². The Morgan fingerprint density at radius 3 is 2.36 bits per heavy atom. The Labute approximate surface area is 263 Å². The van der Waals surface area contributed by atoms with Crippen LogP contribution in [0.2, 0.25) is 0 Å². The molecule has 7 rings (SSSR count). The molecule has 2 fully saturated rings. The Morgan fingerprint density at radius 2 is 1.58 bits per heavy atom. The molecule has 3 aliphatic rings. The Hall–Kier alpha value is -3.96. The van der Waals surface area contributed by atoms with Crippen LogP contribution in [0.3, 0.4) is 0 Å². The molecule has 45 heavy (non-hydrogen) atoms. The van der Waals surface area contributed by atoms with Crippen molar-refractivity contribution in [2.75, 3.05) is 91.0 Å². The molecule has 0 radical (unpaired) electrons. The van der Waals surface area contributed by atoms with Gasteiger partial charge in [0.1, 0.15) is 11.1 Å². The van der Waals surface area contributed by atoms with Crippen LogP contribution >= 0.6 is 0 Å². The molecule has 2 N–H and O–H groups in total. The number of likely N-dealkylation sites (N-methyl/N-ethyl adjacent to an activating group) is 1. The lowest BCUT2D eigenvalue weighted by molar-refractivity contribution is 0.0374. The van der Waals surface area contributed by atoms with E-state index in [9.17, 15) is 9.59 Å². The number of ether oxygens (including phenoxy) is 2. The number of carbonyl (C=O) groups excluding carboxylic acids is 1. The summed E-state index contributed by atoms with van der Waals surface area (Å²) in [6.45, 7) is 10.9. The molecule has 0 aliphatic carbocycles. The number of benzene rings is 3. The smallest absolute Gasteiger partial charge is 0.256 e. The Morgan fingerprint density at radius 1 is 0.867 bits per heavy atom. The molecule has 0 saturated carbocycles. The maximum absolute atomic E-state index is 13.8. The number of anilines is 1. The molecule has 4 heterocycles. The summed E-state index contributed by atoms with van der Waals surface area (Å²) in [5, 5.41) is 9.17. The average Bonchev–Trinajstić information content (AvgIpc) is 3.07. The van der Waals surface area contributed by atoms with Crippen LogP contribution in [-0.2, 0) is 4.74 Å². The normalized spacial score (nSPS) is 17.3. The van der Waals surface area contributed by atoms with E-state index in [1.807, 2.05) is 34.9 Å². The van der Waals surface area contributed by atoms with Crippen molar-refractivity contribution in [3.05, 3.63) is 70.5 Å². The van der Waals surface area contributed by atoms with Gasteiger partial charge in [0, 0.05) is 58.6 Å². The minimum atomic E-state index is -0.353. The molecule has 0 atom stereocenters. The molecule has 3 aliphatic heterocycles. The number of piperazine rings is 1. The van der Waals surface area contributed by atoms with Gasteiger partial charge >= 0.3 is 0 Å². The van der Waals surface area contributed by atoms with E-state index in [0.29, 0.717) is 28.9 Å². The van der Waals surface area contributed by atoms with Gasteiger partial charge in [0.25, 0.3) is 5.91 Å². The third-order valence-electron chi connectivity index (χ3n) is 9.27. The van der Waals surface area contributed by atoms with Crippen LogP contribution in [0.5, 0.6) is 11.5 Å². The van der Waals surface area contributed by atoms with Crippen molar-refractivity contribution in [3.63, 3.8) is 0 Å². The fourth-order valence-corrected chi connectivity index (χ4v) is 6.59. The predicted octanol–water partition coefficient (Wildman–Crippen LogP) is 3.75. The number of carbonyl (C=O) groups is 1. The summed E-state index contributed by atoms with van der Waals surface area (Å²) >= 11 is 0. The predicted molar refractivity (Wildman–Crippen MR) is 178 cm³/mol. The highest BCUT2D eigenvalue weighted by Gasteiger charge is 2.27. The number of rotatable bonds is 10. The van der Waals surface area contributed by atoms with E-state index in [-0.39, 0.29) is 16.9 Å². The first-order valence-corrected chi connectivity index (χ1v) is 16.2. The molecule has 236 valence electrons. The van der Waals surface area contributed by atoms with E-state index in [1.165, 1.54) is 0 Å². The number of hydrogen-bond acceptors (Lipinski definition) is 8. The van der Waals surface area contributed by atoms with Crippen LogP contribution in [0.4, 0.5) is 5.69 Å². The highest BCUT2D eigenvalue weighted by atomic mass is 16.5. The second-order valence-electron chi connectivity index (χ2n) is 12.3. The van der Waals surface area contributed by atoms with E-state index >= 15 is 0 Å². The van der Waals surface area contributed by atoms with Crippen LogP contribution in [0.1, 0.15) is 23.2 Å². The van der Waals surface area contributed by atoms with E-state index < -0.39 is 0 Å². The highest BCUT2D eigenvalue weighted by Crippen LogP contribution is 2.45. The topological polar surface area (TPSA) is 91.3 Å². The van der Waals surface area contributed by atoms with Gasteiger partial charge < -0.3 is 34.5 Å². The van der Waals surface area contributed by atoms with E-state index in [0.717, 1.165) is 107 Å². The first-order chi connectivity index (χ1) is 22.0. The molecule has 2 saturated heterocycles. The Bertz CT molecular complexity index is 1760. The third-order valence-corrected chi connectivity index (χ3v) is 9.27. The third kappa shape index (κ3) is 6.28. The molecule has 0 unspecified atom stereocenters. The number of aromatic nitrogens is 1. The van der Waals surface area contributed by atoms with Crippen molar-refractivity contribution < 1.29 is 14.3 Å². The monoisotopic (exact) mass is 610 g/mol. The second-order valence-corrected chi connectivity index (χ2v) is 12.3. The molecule has 1 aromatic heterocycles. The number of fused-ring (bicyclic) bond motifs is 3. The molecule has 10 nitrogen and oxygen atoms in total. The van der Waals surface area contributed by atoms with Crippen LogP contribution in [-0.4, -0.2) is 111 Å². The van der Waals surface area contributed by atoms with Gasteiger partial charge in [-0.3, -0.25) is 14.5 Å². The fraction of sp³-hybridized carbons (Fsp3) is 0.429. The van der Waals surface area contributed by atoms with E-state index in [2.05, 4.69) is 50.6 Å². The summed E-state index contributed by atoms with van der Waals surface area (Å²) in [6.07, 6.45) is 3.50. The minimum absolute atomic E-state index is 0.133. The number of pyridine rings is 1. The van der Waals surface area contributed by atoms with Gasteiger partial charge in [0.2, 0.25) is 5.43 Å². The van der Waals surface area contributed by atoms with Crippen molar-refractivity contribution in [3.8, 4) is 17.2 Å². The summed E-state index contributed by atoms with van der Waals surface area (Å²) < 4.78 is 14.0. The summed E-state index contributed by atoms with van der Waals surface area (Å²) in [4.78, 5) is 34.5. The van der Waals surface area contributed by atoms with Gasteiger partial charge in [-0.2, -0.15) is 0 Å². The van der Waals surface area contributed by atoms with Gasteiger partial charge in [0.15, 0.2) is 11.5 Å². The zero-order valence-electron chi connectivity index (χ0n) is 26.0. The van der Waals surface area contributed by atoms with Crippen molar-refractivity contribution >= 4 is 33.3 Å². The maximum atomic E-state index is 13.8. The van der Waals surface area contributed by atoms with Crippen molar-refractivity contribution in [2.45, 2.75) is 12.8 Å². The first-order valence-electron chi connectivity index (χ1n) is 16.2. The number of amides is 1. The zero-order valence-corrected chi connectivity index (χ0v) is 26.0. The van der Waals surface area contributed by atoms with Gasteiger partial charge in [-0.05, 0) is 68.0 Å². The zero-order chi connectivity index (χ0) is 30.8. The van der Waals surface area contributed by atoms with Crippen LogP contribution in [0, 0.1) is 0 Å². The van der Waals surface area contributed by atoms with E-state index in [1.54, 1.807) is 6.20 Å². The van der Waals surface area contributed by atoms with Crippen molar-refractivity contribution in [2.24, 2.45) is 0 Å². The average molecular weight is 611 g/mol. The number of nitrogens with one attached hydrogen (secondary N) is 2. The van der Waals surface area contributed by atoms with Crippen molar-refractivity contribution in [1.82, 2.24) is 24.6 Å². The molecule has 0 bridgehead atoms. The number of nitrogens with zero attached hydrogens (tertiary/aromatic N) is 4. The number of hydrogen-bond donors (Lipinski definition) is 2. The molecule has 0 spiro atoms. The summed E-state index contributed by atoms with van der Waals surface area (Å²) in [6, 6.07) is 16.0. The minimum Gasteiger partial charge on any atom is -0.451 e.